The van der Waals surface area contributed by atoms with E-state index in [-0.39, 0.29) is 17.0 Å². The summed E-state index contributed by atoms with van der Waals surface area (Å²) in [5.74, 6) is 0. The average Bonchev–Trinajstić information content (AvgIpc) is 2.63. The Hall–Kier alpha value is -0.300. The van der Waals surface area contributed by atoms with Crippen LogP contribution < -0.4 is 17.0 Å². The number of hydrogen-bond acceptors (Lipinski definition) is 0. The summed E-state index contributed by atoms with van der Waals surface area (Å²) in [7, 11) is 0. The summed E-state index contributed by atoms with van der Waals surface area (Å²) < 4.78 is 0. The van der Waals surface area contributed by atoms with Crippen molar-refractivity contribution in [2.45, 2.75) is 122 Å². The van der Waals surface area contributed by atoms with Crippen molar-refractivity contribution in [1.82, 2.24) is 0 Å². The Morgan fingerprint density at radius 1 is 0.577 bits per heavy atom. The largest absolute Gasteiger partial charge is 1.00 e. The molecular weight excluding hydrogens is 380 g/mol. The molecule has 0 heterocycles. The highest BCUT2D eigenvalue weighted by atomic mass is 79.9. The van der Waals surface area contributed by atoms with Gasteiger partial charge in [-0.25, -0.2) is 0 Å². The maximum absolute atomic E-state index is 2.39. The summed E-state index contributed by atoms with van der Waals surface area (Å²) >= 11 is 0. The van der Waals surface area contributed by atoms with Crippen LogP contribution in [0.25, 0.3) is 0 Å². The highest BCUT2D eigenvalue weighted by Gasteiger charge is 2.19. The van der Waals surface area contributed by atoms with Crippen molar-refractivity contribution < 1.29 is 17.0 Å². The van der Waals surface area contributed by atoms with E-state index in [9.17, 15) is 0 Å². The predicted octanol–water partition coefficient (Wildman–Crippen LogP) is 5.84. The van der Waals surface area contributed by atoms with Gasteiger partial charge in [-0.1, -0.05) is 141 Å². The summed E-state index contributed by atoms with van der Waals surface area (Å²) in [5, 5.41) is 0. The molecule has 0 nitrogen and oxygen atoms in total. The normalized spacial score (nSPS) is 11.3. The Bertz CT molecular complexity index is 396. The van der Waals surface area contributed by atoms with Crippen molar-refractivity contribution >= 4 is 0 Å². The van der Waals surface area contributed by atoms with E-state index in [1.807, 2.05) is 0 Å². The third-order valence-electron chi connectivity index (χ3n) is 5.71. The molecule has 0 spiro atoms. The van der Waals surface area contributed by atoms with E-state index in [0.717, 1.165) is 0 Å². The number of hydrogen-bond donors (Lipinski definition) is 0. The minimum Gasteiger partial charge on any atom is -1.00 e. The summed E-state index contributed by atoms with van der Waals surface area (Å²) in [4.78, 5) is 0. The van der Waals surface area contributed by atoms with Gasteiger partial charge < -0.3 is 17.0 Å². The molecule has 26 heavy (non-hydrogen) atoms. The Morgan fingerprint density at radius 3 is 1.38 bits per heavy atom. The standard InChI is InChI=1S/C25H44.BrH/c1-4-5-6-7-8-9-10-11-12-13-14-15-16-20-23-25(2,3)24-21-18-17-19-22-24;/h17-19,21-22H,4-16,20,23H2,1-3H3;1H/p-1. The molecule has 0 saturated carbocycles. The van der Waals surface area contributed by atoms with E-state index in [0.29, 0.717) is 5.41 Å². The van der Waals surface area contributed by atoms with Crippen LogP contribution in [0.1, 0.15) is 123 Å². The third-order valence-corrected chi connectivity index (χ3v) is 5.71. The van der Waals surface area contributed by atoms with Crippen LogP contribution in [0.15, 0.2) is 30.3 Å². The van der Waals surface area contributed by atoms with Gasteiger partial charge in [0, 0.05) is 0 Å². The summed E-state index contributed by atoms with van der Waals surface area (Å²) in [6.07, 6.45) is 21.5. The monoisotopic (exact) mass is 423 g/mol. The second-order valence-electron chi connectivity index (χ2n) is 8.60. The zero-order chi connectivity index (χ0) is 18.2. The van der Waals surface area contributed by atoms with Gasteiger partial charge in [0.2, 0.25) is 0 Å². The quantitative estimate of drug-likeness (QED) is 0.293. The van der Waals surface area contributed by atoms with Crippen LogP contribution in [0, 0.1) is 0 Å². The van der Waals surface area contributed by atoms with Crippen molar-refractivity contribution in [2.24, 2.45) is 0 Å². The number of unbranched alkanes of at least 4 members (excludes halogenated alkanes) is 13. The number of benzene rings is 1. The first-order valence-corrected chi connectivity index (χ1v) is 11.2. The van der Waals surface area contributed by atoms with Crippen LogP contribution in [0.3, 0.4) is 0 Å². The zero-order valence-corrected chi connectivity index (χ0v) is 19.5. The molecule has 1 aromatic rings. The van der Waals surface area contributed by atoms with Crippen LogP contribution in [0.2, 0.25) is 0 Å². The lowest BCUT2D eigenvalue weighted by molar-refractivity contribution is -0.00000578. The molecule has 0 bridgehead atoms. The minimum atomic E-state index is 0. The van der Waals surface area contributed by atoms with Crippen molar-refractivity contribution in [3.8, 4) is 0 Å². The number of halogens is 1. The van der Waals surface area contributed by atoms with E-state index >= 15 is 0 Å². The van der Waals surface area contributed by atoms with E-state index in [1.54, 1.807) is 0 Å². The second-order valence-corrected chi connectivity index (χ2v) is 8.60. The van der Waals surface area contributed by atoms with Crippen molar-refractivity contribution in [3.05, 3.63) is 35.9 Å². The predicted molar refractivity (Wildman–Crippen MR) is 114 cm³/mol. The van der Waals surface area contributed by atoms with E-state index < -0.39 is 0 Å². The van der Waals surface area contributed by atoms with Gasteiger partial charge in [-0.3, -0.25) is 0 Å². The number of rotatable bonds is 16. The van der Waals surface area contributed by atoms with E-state index in [2.05, 4.69) is 51.1 Å². The van der Waals surface area contributed by atoms with Crippen molar-refractivity contribution in [1.29, 1.82) is 0 Å². The topological polar surface area (TPSA) is 0 Å². The average molecular weight is 425 g/mol. The van der Waals surface area contributed by atoms with Gasteiger partial charge in [-0.05, 0) is 17.4 Å². The third kappa shape index (κ3) is 13.0. The Kier molecular flexibility index (Phi) is 16.6. The lowest BCUT2D eigenvalue weighted by Gasteiger charge is -2.25. The summed E-state index contributed by atoms with van der Waals surface area (Å²) in [6, 6.07) is 11.0. The molecule has 0 fully saturated rings. The molecule has 0 unspecified atom stereocenters. The molecule has 0 atom stereocenters. The maximum atomic E-state index is 2.39. The van der Waals surface area contributed by atoms with Gasteiger partial charge in [0.25, 0.3) is 0 Å². The first-order chi connectivity index (χ1) is 12.2. The molecule has 0 amide bonds. The molecular formula is C25H44Br-. The molecule has 152 valence electrons. The van der Waals surface area contributed by atoms with Gasteiger partial charge in [-0.2, -0.15) is 0 Å². The highest BCUT2D eigenvalue weighted by Crippen LogP contribution is 2.29. The molecule has 0 saturated heterocycles. The first-order valence-electron chi connectivity index (χ1n) is 11.2. The van der Waals surface area contributed by atoms with Crippen molar-refractivity contribution in [2.75, 3.05) is 0 Å². The fourth-order valence-corrected chi connectivity index (χ4v) is 3.80. The zero-order valence-electron chi connectivity index (χ0n) is 17.9. The molecule has 0 aliphatic rings. The Morgan fingerprint density at radius 2 is 0.962 bits per heavy atom. The van der Waals surface area contributed by atoms with Crippen LogP contribution in [0.5, 0.6) is 0 Å². The van der Waals surface area contributed by atoms with Gasteiger partial charge in [0.1, 0.15) is 0 Å². The molecule has 1 heteroatoms. The van der Waals surface area contributed by atoms with E-state index in [4.69, 9.17) is 0 Å². The fraction of sp³-hybridized carbons (Fsp3) is 0.760. The van der Waals surface area contributed by atoms with Crippen LogP contribution in [0.4, 0.5) is 0 Å². The molecule has 0 aliphatic carbocycles. The van der Waals surface area contributed by atoms with Crippen LogP contribution in [-0.2, 0) is 5.41 Å². The minimum absolute atomic E-state index is 0. The molecule has 1 rings (SSSR count). The lowest BCUT2D eigenvalue weighted by atomic mass is 9.80. The second kappa shape index (κ2) is 16.8. The Labute approximate surface area is 175 Å². The molecule has 1 aromatic carbocycles. The van der Waals surface area contributed by atoms with Gasteiger partial charge in [0.15, 0.2) is 0 Å². The SMILES string of the molecule is CCCCCCCCCCCCCCCCC(C)(C)c1ccccc1.[Br-]. The molecule has 0 radical (unpaired) electrons. The lowest BCUT2D eigenvalue weighted by Crippen LogP contribution is -3.00. The summed E-state index contributed by atoms with van der Waals surface area (Å²) in [6.45, 7) is 7.08. The first kappa shape index (κ1) is 25.7. The molecule has 0 aromatic heterocycles. The van der Waals surface area contributed by atoms with Crippen LogP contribution >= 0.6 is 0 Å². The van der Waals surface area contributed by atoms with E-state index in [1.165, 1.54) is 102 Å². The summed E-state index contributed by atoms with van der Waals surface area (Å²) in [5.41, 5.74) is 1.82. The highest BCUT2D eigenvalue weighted by molar-refractivity contribution is 5.23. The van der Waals surface area contributed by atoms with Gasteiger partial charge in [-0.15, -0.1) is 0 Å². The molecule has 0 N–H and O–H groups in total. The maximum Gasteiger partial charge on any atom is -0.0104 e. The van der Waals surface area contributed by atoms with Gasteiger partial charge >= 0.3 is 0 Å². The molecule has 0 aliphatic heterocycles. The van der Waals surface area contributed by atoms with Crippen molar-refractivity contribution in [3.63, 3.8) is 0 Å². The Balaban J connectivity index is 0.00000625. The van der Waals surface area contributed by atoms with Gasteiger partial charge in [0.05, 0.1) is 0 Å². The smallest absolute Gasteiger partial charge is 0.0104 e. The fourth-order valence-electron chi connectivity index (χ4n) is 3.80. The van der Waals surface area contributed by atoms with Crippen LogP contribution in [-0.4, -0.2) is 0 Å².